The zero-order chi connectivity index (χ0) is 25.6. The summed E-state index contributed by atoms with van der Waals surface area (Å²) in [5.74, 6) is -0.246. The van der Waals surface area contributed by atoms with E-state index >= 15 is 0 Å². The van der Waals surface area contributed by atoms with Gasteiger partial charge >= 0.3 is 0 Å². The summed E-state index contributed by atoms with van der Waals surface area (Å²) in [7, 11) is -7.17. The van der Waals surface area contributed by atoms with Gasteiger partial charge in [-0.15, -0.1) is 0 Å². The third-order valence-electron chi connectivity index (χ3n) is 6.87. The number of anilines is 1. The molecule has 0 radical (unpaired) electrons. The first kappa shape index (κ1) is 26.8. The Labute approximate surface area is 214 Å². The third-order valence-corrected chi connectivity index (χ3v) is 10.7. The minimum Gasteiger partial charge on any atom is -0.378 e. The molecule has 2 saturated heterocycles. The van der Waals surface area contributed by atoms with Crippen molar-refractivity contribution < 1.29 is 21.6 Å². The lowest BCUT2D eigenvalue weighted by atomic mass is 10.1. The molecule has 0 saturated carbocycles. The summed E-state index contributed by atoms with van der Waals surface area (Å²) in [5, 5.41) is 3.02. The first-order chi connectivity index (χ1) is 17.3. The average Bonchev–Trinajstić information content (AvgIpc) is 3.34. The van der Waals surface area contributed by atoms with Crippen LogP contribution in [0.25, 0.3) is 0 Å². The van der Waals surface area contributed by atoms with Gasteiger partial charge in [0.15, 0.2) is 5.78 Å². The Balaban J connectivity index is 1.39. The van der Waals surface area contributed by atoms with Gasteiger partial charge in [0.25, 0.3) is 0 Å². The van der Waals surface area contributed by atoms with Crippen molar-refractivity contribution in [3.63, 3.8) is 0 Å². The zero-order valence-electron chi connectivity index (χ0n) is 20.6. The number of benzene rings is 2. The van der Waals surface area contributed by atoms with Gasteiger partial charge in [0.05, 0.1) is 16.3 Å². The Morgan fingerprint density at radius 2 is 1.17 bits per heavy atom. The fourth-order valence-electron chi connectivity index (χ4n) is 4.72. The quantitative estimate of drug-likeness (QED) is 0.512. The topological polar surface area (TPSA) is 104 Å². The van der Waals surface area contributed by atoms with E-state index in [2.05, 4.69) is 5.32 Å². The molecular weight excluding hydrogens is 498 g/mol. The lowest BCUT2D eigenvalue weighted by Crippen LogP contribution is -2.32. The lowest BCUT2D eigenvalue weighted by molar-refractivity contribution is 0.101. The van der Waals surface area contributed by atoms with E-state index in [0.29, 0.717) is 37.4 Å². The van der Waals surface area contributed by atoms with Gasteiger partial charge in [-0.05, 0) is 62.1 Å². The zero-order valence-corrected chi connectivity index (χ0v) is 22.2. The molecule has 8 nitrogen and oxygen atoms in total. The van der Waals surface area contributed by atoms with Gasteiger partial charge in [-0.25, -0.2) is 16.8 Å². The van der Waals surface area contributed by atoms with Crippen LogP contribution in [-0.4, -0.2) is 64.0 Å². The summed E-state index contributed by atoms with van der Waals surface area (Å²) in [4.78, 5) is 13.2. The highest BCUT2D eigenvalue weighted by atomic mass is 32.2. The van der Waals surface area contributed by atoms with Crippen LogP contribution < -0.4 is 5.32 Å². The van der Waals surface area contributed by atoms with E-state index in [4.69, 9.17) is 0 Å². The van der Waals surface area contributed by atoms with Crippen molar-refractivity contribution in [2.45, 2.75) is 61.2 Å². The van der Waals surface area contributed by atoms with Gasteiger partial charge in [0.2, 0.25) is 20.0 Å². The number of rotatable bonds is 8. The maximum Gasteiger partial charge on any atom is 0.243 e. The normalized spacial score (nSPS) is 18.8. The predicted octanol–water partition coefficient (Wildman–Crippen LogP) is 4.11. The van der Waals surface area contributed by atoms with Crippen LogP contribution in [0.15, 0.2) is 58.3 Å². The van der Waals surface area contributed by atoms with Crippen molar-refractivity contribution in [2.24, 2.45) is 0 Å². The van der Waals surface area contributed by atoms with Gasteiger partial charge in [0.1, 0.15) is 0 Å². The summed E-state index contributed by atoms with van der Waals surface area (Å²) < 4.78 is 55.1. The molecule has 10 heteroatoms. The molecule has 2 aromatic carbocycles. The maximum atomic E-state index is 13.1. The SMILES string of the molecule is O=C(CNc1ccc(S(=O)(=O)N2CCCCCC2)cc1)c1cccc(S(=O)(=O)N2CCCCCC2)c1. The van der Waals surface area contributed by atoms with Crippen LogP contribution in [0.5, 0.6) is 0 Å². The first-order valence-electron chi connectivity index (χ1n) is 12.8. The Morgan fingerprint density at radius 3 is 1.69 bits per heavy atom. The van der Waals surface area contributed by atoms with Crippen LogP contribution in [0.3, 0.4) is 0 Å². The number of sulfonamides is 2. The molecule has 0 atom stereocenters. The largest absolute Gasteiger partial charge is 0.378 e. The number of carbonyl (C=O) groups is 1. The summed E-state index contributed by atoms with van der Waals surface area (Å²) >= 11 is 0. The highest BCUT2D eigenvalue weighted by molar-refractivity contribution is 7.89. The molecule has 0 amide bonds. The predicted molar refractivity (Wildman–Crippen MR) is 140 cm³/mol. The van der Waals surface area contributed by atoms with Gasteiger partial charge in [-0.1, -0.05) is 37.8 Å². The van der Waals surface area contributed by atoms with Crippen molar-refractivity contribution in [3.8, 4) is 0 Å². The minimum atomic E-state index is -3.64. The van der Waals surface area contributed by atoms with E-state index in [1.54, 1.807) is 40.7 Å². The maximum absolute atomic E-state index is 13.1. The van der Waals surface area contributed by atoms with E-state index in [1.165, 1.54) is 16.4 Å². The van der Waals surface area contributed by atoms with Gasteiger partial charge in [0, 0.05) is 37.4 Å². The number of hydrogen-bond acceptors (Lipinski definition) is 6. The molecular formula is C26H35N3O5S2. The number of nitrogens with zero attached hydrogens (tertiary/aromatic N) is 2. The molecule has 0 aromatic heterocycles. The molecule has 36 heavy (non-hydrogen) atoms. The molecule has 2 aliphatic heterocycles. The monoisotopic (exact) mass is 533 g/mol. The number of carbonyl (C=O) groups excluding carboxylic acids is 1. The van der Waals surface area contributed by atoms with Crippen molar-refractivity contribution in [2.75, 3.05) is 38.0 Å². The fourth-order valence-corrected chi connectivity index (χ4v) is 7.80. The van der Waals surface area contributed by atoms with Crippen LogP contribution in [0.1, 0.15) is 61.7 Å². The van der Waals surface area contributed by atoms with E-state index in [-0.39, 0.29) is 22.1 Å². The smallest absolute Gasteiger partial charge is 0.243 e. The Bertz CT molecular complexity index is 1240. The number of hydrogen-bond donors (Lipinski definition) is 1. The minimum absolute atomic E-state index is 0.0363. The fraction of sp³-hybridized carbons (Fsp3) is 0.500. The Morgan fingerprint density at radius 1 is 0.667 bits per heavy atom. The average molecular weight is 534 g/mol. The number of ketones is 1. The molecule has 2 fully saturated rings. The van der Waals surface area contributed by atoms with Crippen molar-refractivity contribution >= 4 is 31.5 Å². The van der Waals surface area contributed by atoms with Crippen LogP contribution in [0.4, 0.5) is 5.69 Å². The highest BCUT2D eigenvalue weighted by Gasteiger charge is 2.26. The Hall–Kier alpha value is -2.27. The molecule has 4 rings (SSSR count). The first-order valence-corrected chi connectivity index (χ1v) is 15.6. The van der Waals surface area contributed by atoms with Crippen molar-refractivity contribution in [1.29, 1.82) is 0 Å². The van der Waals surface area contributed by atoms with Crippen LogP contribution in [-0.2, 0) is 20.0 Å². The van der Waals surface area contributed by atoms with Crippen LogP contribution in [0.2, 0.25) is 0 Å². The van der Waals surface area contributed by atoms with Crippen molar-refractivity contribution in [1.82, 2.24) is 8.61 Å². The molecule has 1 N–H and O–H groups in total. The lowest BCUT2D eigenvalue weighted by Gasteiger charge is -2.20. The molecule has 196 valence electrons. The Kier molecular flexibility index (Phi) is 8.82. The van der Waals surface area contributed by atoms with Gasteiger partial charge in [-0.2, -0.15) is 8.61 Å². The second-order valence-electron chi connectivity index (χ2n) is 9.47. The summed E-state index contributed by atoms with van der Waals surface area (Å²) in [6, 6.07) is 12.6. The molecule has 0 bridgehead atoms. The van der Waals surface area contributed by atoms with E-state index in [1.807, 2.05) is 0 Å². The number of nitrogens with one attached hydrogen (secondary N) is 1. The van der Waals surface area contributed by atoms with E-state index in [0.717, 1.165) is 51.4 Å². The van der Waals surface area contributed by atoms with Crippen LogP contribution in [0, 0.1) is 0 Å². The summed E-state index contributed by atoms with van der Waals surface area (Å²) in [5.41, 5.74) is 0.935. The van der Waals surface area contributed by atoms with Crippen molar-refractivity contribution in [3.05, 3.63) is 54.1 Å². The van der Waals surface area contributed by atoms with Crippen LogP contribution >= 0.6 is 0 Å². The second kappa shape index (κ2) is 11.9. The molecule has 0 aliphatic carbocycles. The third kappa shape index (κ3) is 6.34. The molecule has 2 heterocycles. The number of Topliss-reactive ketones (excluding diaryl/α,β-unsaturated/α-hetero) is 1. The highest BCUT2D eigenvalue weighted by Crippen LogP contribution is 2.23. The van der Waals surface area contributed by atoms with Gasteiger partial charge < -0.3 is 5.32 Å². The van der Waals surface area contributed by atoms with Gasteiger partial charge in [-0.3, -0.25) is 4.79 Å². The van der Waals surface area contributed by atoms with E-state index in [9.17, 15) is 21.6 Å². The standard InChI is InChI=1S/C26H35N3O5S2/c30-26(22-10-9-11-25(20-22)36(33,34)29-18-7-3-4-8-19-29)21-27-23-12-14-24(15-13-23)35(31,32)28-16-5-1-2-6-17-28/h9-15,20,27H,1-8,16-19,21H2. The molecule has 0 spiro atoms. The molecule has 0 unspecified atom stereocenters. The summed E-state index contributed by atoms with van der Waals surface area (Å²) in [6.07, 6.45) is 7.61. The summed E-state index contributed by atoms with van der Waals surface area (Å²) in [6.45, 7) is 2.06. The second-order valence-corrected chi connectivity index (χ2v) is 13.3. The van der Waals surface area contributed by atoms with E-state index < -0.39 is 20.0 Å². The molecule has 2 aliphatic rings. The molecule has 2 aromatic rings.